The van der Waals surface area contributed by atoms with Crippen molar-refractivity contribution in [3.8, 4) is 0 Å². The average Bonchev–Trinajstić information content (AvgIpc) is 2.66. The van der Waals surface area contributed by atoms with Crippen LogP contribution in [0.1, 0.15) is 11.1 Å². The lowest BCUT2D eigenvalue weighted by Crippen LogP contribution is -2.19. The molecule has 0 bridgehead atoms. The molecule has 0 spiro atoms. The minimum Gasteiger partial charge on any atom is -0.480 e. The number of benzene rings is 1. The van der Waals surface area contributed by atoms with Crippen LogP contribution >= 0.6 is 11.6 Å². The number of carboxylic acids is 1. The van der Waals surface area contributed by atoms with Crippen molar-refractivity contribution >= 4 is 35.6 Å². The van der Waals surface area contributed by atoms with Gasteiger partial charge >= 0.3 is 12.1 Å². The number of hydrogen-bond donors (Lipinski definition) is 5. The van der Waals surface area contributed by atoms with Gasteiger partial charge in [-0.2, -0.15) is 18.2 Å². The van der Waals surface area contributed by atoms with Crippen LogP contribution in [-0.2, 0) is 17.5 Å². The number of nitrogens with one attached hydrogen (secondary N) is 4. The highest BCUT2D eigenvalue weighted by atomic mass is 35.5. The highest BCUT2D eigenvalue weighted by Gasteiger charge is 2.31. The van der Waals surface area contributed by atoms with Crippen molar-refractivity contribution in [2.45, 2.75) is 12.7 Å². The summed E-state index contributed by atoms with van der Waals surface area (Å²) in [6.07, 6.45) is -1.38. The van der Waals surface area contributed by atoms with Crippen LogP contribution < -0.4 is 16.0 Å². The standard InChI is InChI=1S/C17H15ClF4N6O2/c18-13-7-26-16(27-12(4-23)6-24-8-14(29)30)28-15(13)25-5-9-1-10(17(20,21)22)3-11(19)2-9/h1-4,6-7,23-24H,5,8H2,(H,29,30)(H2,25,26,27,28)/b12-6+,23-4?. The fourth-order valence-electron chi connectivity index (χ4n) is 2.14. The Kier molecular flexibility index (Phi) is 7.53. The summed E-state index contributed by atoms with van der Waals surface area (Å²) in [7, 11) is 0. The Morgan fingerprint density at radius 3 is 2.67 bits per heavy atom. The minimum atomic E-state index is -4.69. The number of aromatic nitrogens is 2. The number of anilines is 2. The van der Waals surface area contributed by atoms with E-state index >= 15 is 0 Å². The van der Waals surface area contributed by atoms with Crippen LogP contribution in [-0.4, -0.2) is 33.8 Å². The summed E-state index contributed by atoms with van der Waals surface area (Å²) in [6.45, 7) is -0.578. The molecule has 0 aliphatic heterocycles. The number of allylic oxidation sites excluding steroid dienone is 1. The van der Waals surface area contributed by atoms with Crippen LogP contribution in [0.4, 0.5) is 29.3 Å². The first-order chi connectivity index (χ1) is 14.1. The third kappa shape index (κ3) is 6.88. The highest BCUT2D eigenvalue weighted by Crippen LogP contribution is 2.30. The molecule has 2 aromatic rings. The maximum atomic E-state index is 13.5. The van der Waals surface area contributed by atoms with E-state index in [4.69, 9.17) is 22.1 Å². The fourth-order valence-corrected chi connectivity index (χ4v) is 2.30. The number of carbonyl (C=O) groups is 1. The first kappa shape index (κ1) is 22.9. The van der Waals surface area contributed by atoms with E-state index in [2.05, 4.69) is 25.9 Å². The first-order valence-electron chi connectivity index (χ1n) is 8.14. The zero-order valence-electron chi connectivity index (χ0n) is 15.0. The predicted octanol–water partition coefficient (Wildman–Crippen LogP) is 3.48. The second kappa shape index (κ2) is 9.87. The zero-order valence-corrected chi connectivity index (χ0v) is 15.8. The molecule has 0 fully saturated rings. The Morgan fingerprint density at radius 1 is 1.30 bits per heavy atom. The van der Waals surface area contributed by atoms with Crippen molar-refractivity contribution < 1.29 is 27.5 Å². The Labute approximate surface area is 172 Å². The van der Waals surface area contributed by atoms with Gasteiger partial charge in [-0.15, -0.1) is 0 Å². The number of rotatable bonds is 9. The van der Waals surface area contributed by atoms with E-state index in [0.29, 0.717) is 6.07 Å². The van der Waals surface area contributed by atoms with E-state index in [9.17, 15) is 22.4 Å². The molecule has 0 unspecified atom stereocenters. The molecule has 1 aromatic carbocycles. The molecule has 30 heavy (non-hydrogen) atoms. The Bertz CT molecular complexity index is 968. The number of alkyl halides is 3. The molecule has 0 atom stereocenters. The van der Waals surface area contributed by atoms with Crippen LogP contribution in [0.15, 0.2) is 36.3 Å². The van der Waals surface area contributed by atoms with Crippen molar-refractivity contribution in [2.75, 3.05) is 17.2 Å². The molecule has 2 rings (SSSR count). The number of aliphatic carboxylic acids is 1. The lowest BCUT2D eigenvalue weighted by molar-refractivity contribution is -0.138. The monoisotopic (exact) mass is 446 g/mol. The van der Waals surface area contributed by atoms with Crippen LogP contribution in [0.25, 0.3) is 0 Å². The lowest BCUT2D eigenvalue weighted by Gasteiger charge is -2.12. The van der Waals surface area contributed by atoms with E-state index < -0.39 is 23.5 Å². The third-order valence-electron chi connectivity index (χ3n) is 3.41. The van der Waals surface area contributed by atoms with Gasteiger partial charge in [-0.1, -0.05) is 11.6 Å². The van der Waals surface area contributed by atoms with E-state index in [0.717, 1.165) is 18.3 Å². The second-order valence-electron chi connectivity index (χ2n) is 5.73. The van der Waals surface area contributed by atoms with Gasteiger partial charge < -0.3 is 26.5 Å². The van der Waals surface area contributed by atoms with Gasteiger partial charge in [0.15, 0.2) is 5.82 Å². The molecule has 5 N–H and O–H groups in total. The van der Waals surface area contributed by atoms with Crippen molar-refractivity contribution in [3.05, 3.63) is 58.3 Å². The Balaban J connectivity index is 2.13. The molecule has 1 heterocycles. The van der Waals surface area contributed by atoms with Crippen LogP contribution in [0, 0.1) is 11.2 Å². The molecular weight excluding hydrogens is 432 g/mol. The second-order valence-corrected chi connectivity index (χ2v) is 6.14. The summed E-state index contributed by atoms with van der Waals surface area (Å²) in [4.78, 5) is 18.4. The lowest BCUT2D eigenvalue weighted by atomic mass is 10.1. The van der Waals surface area contributed by atoms with E-state index in [1.54, 1.807) is 0 Å². The number of nitrogens with zero attached hydrogens (tertiary/aromatic N) is 2. The summed E-state index contributed by atoms with van der Waals surface area (Å²) >= 11 is 5.98. The van der Waals surface area contributed by atoms with Crippen molar-refractivity contribution in [3.63, 3.8) is 0 Å². The predicted molar refractivity (Wildman–Crippen MR) is 102 cm³/mol. The summed E-state index contributed by atoms with van der Waals surface area (Å²) in [5, 5.41) is 23.7. The number of carboxylic acid groups (broad SMARTS) is 1. The fraction of sp³-hybridized carbons (Fsp3) is 0.176. The van der Waals surface area contributed by atoms with Gasteiger partial charge in [0.25, 0.3) is 0 Å². The van der Waals surface area contributed by atoms with Gasteiger partial charge in [0.2, 0.25) is 5.95 Å². The molecule has 13 heteroatoms. The van der Waals surface area contributed by atoms with Gasteiger partial charge in [0.05, 0.1) is 17.5 Å². The van der Waals surface area contributed by atoms with Gasteiger partial charge in [0.1, 0.15) is 17.4 Å². The van der Waals surface area contributed by atoms with Crippen molar-refractivity contribution in [2.24, 2.45) is 0 Å². The van der Waals surface area contributed by atoms with Gasteiger partial charge in [-0.25, -0.2) is 9.37 Å². The summed E-state index contributed by atoms with van der Waals surface area (Å²) in [5.74, 6) is -2.11. The Morgan fingerprint density at radius 2 is 2.03 bits per heavy atom. The van der Waals surface area contributed by atoms with Gasteiger partial charge in [0, 0.05) is 19.0 Å². The molecule has 0 saturated carbocycles. The zero-order chi connectivity index (χ0) is 22.3. The molecule has 1 aromatic heterocycles. The van der Waals surface area contributed by atoms with Crippen LogP contribution in [0.2, 0.25) is 5.02 Å². The quantitative estimate of drug-likeness (QED) is 0.295. The SMILES string of the molecule is N=C/C(=C\NCC(=O)O)Nc1ncc(Cl)c(NCc2cc(F)cc(C(F)(F)F)c2)n1. The highest BCUT2D eigenvalue weighted by molar-refractivity contribution is 6.32. The molecule has 0 amide bonds. The van der Waals surface area contributed by atoms with Gasteiger partial charge in [-0.3, -0.25) is 4.79 Å². The molecule has 0 radical (unpaired) electrons. The number of halogens is 5. The summed E-state index contributed by atoms with van der Waals surface area (Å²) < 4.78 is 52.0. The molecule has 8 nitrogen and oxygen atoms in total. The molecule has 160 valence electrons. The molecule has 0 aliphatic carbocycles. The minimum absolute atomic E-state index is 0.0180. The van der Waals surface area contributed by atoms with Crippen LogP contribution in [0.3, 0.4) is 0 Å². The largest absolute Gasteiger partial charge is 0.480 e. The Hall–Kier alpha value is -3.41. The third-order valence-corrected chi connectivity index (χ3v) is 3.69. The maximum absolute atomic E-state index is 13.5. The van der Waals surface area contributed by atoms with E-state index in [-0.39, 0.29) is 41.1 Å². The van der Waals surface area contributed by atoms with Gasteiger partial charge in [-0.05, 0) is 23.8 Å². The maximum Gasteiger partial charge on any atom is 0.416 e. The normalized spacial score (nSPS) is 11.7. The van der Waals surface area contributed by atoms with Crippen molar-refractivity contribution in [1.29, 1.82) is 5.41 Å². The molecule has 0 saturated heterocycles. The summed E-state index contributed by atoms with van der Waals surface area (Å²) in [6, 6.07) is 2.14. The molecular formula is C17H15ClF4N6O2. The van der Waals surface area contributed by atoms with Crippen molar-refractivity contribution in [1.82, 2.24) is 15.3 Å². The molecule has 0 aliphatic rings. The average molecular weight is 447 g/mol. The van der Waals surface area contributed by atoms with E-state index in [1.165, 1.54) is 12.4 Å². The van der Waals surface area contributed by atoms with E-state index in [1.807, 2.05) is 0 Å². The topological polar surface area (TPSA) is 123 Å². The number of hydrogen-bond acceptors (Lipinski definition) is 7. The smallest absolute Gasteiger partial charge is 0.416 e. The first-order valence-corrected chi connectivity index (χ1v) is 8.52. The van der Waals surface area contributed by atoms with Crippen LogP contribution in [0.5, 0.6) is 0 Å². The summed E-state index contributed by atoms with van der Waals surface area (Å²) in [5.41, 5.74) is -0.973.